The number of carbonyl (C=O) groups is 1. The van der Waals surface area contributed by atoms with Gasteiger partial charge in [-0.25, -0.2) is 0 Å². The molecule has 41 heavy (non-hydrogen) atoms. The van der Waals surface area contributed by atoms with Gasteiger partial charge in [0.1, 0.15) is 0 Å². The van der Waals surface area contributed by atoms with Gasteiger partial charge in [-0.3, -0.25) is 4.79 Å². The van der Waals surface area contributed by atoms with Crippen LogP contribution >= 0.6 is 0 Å². The number of rotatable bonds is 35. The van der Waals surface area contributed by atoms with Crippen LogP contribution in [0.15, 0.2) is 0 Å². The van der Waals surface area contributed by atoms with Crippen molar-refractivity contribution in [1.82, 2.24) is 0 Å². The summed E-state index contributed by atoms with van der Waals surface area (Å²) >= 11 is 0. The van der Waals surface area contributed by atoms with Crippen LogP contribution in [0.25, 0.3) is 0 Å². The van der Waals surface area contributed by atoms with E-state index in [1.807, 2.05) is 20.8 Å². The molecule has 5 nitrogen and oxygen atoms in total. The number of hydrogen-bond acceptors (Lipinski definition) is 4. The highest BCUT2D eigenvalue weighted by Gasteiger charge is 2.39. The SMILES string of the molecule is CCO[Si](CCCCCCCCCCCCCCCCCCCCCCCCCCCCC(=O)O)(OCC)OCC. The average Bonchev–Trinajstić information content (AvgIpc) is 2.95. The highest BCUT2D eigenvalue weighted by Crippen LogP contribution is 2.21. The van der Waals surface area contributed by atoms with Gasteiger partial charge in [0, 0.05) is 32.3 Å². The quantitative estimate of drug-likeness (QED) is 0.0579. The summed E-state index contributed by atoms with van der Waals surface area (Å²) < 4.78 is 17.9. The fraction of sp³-hybridized carbons (Fsp3) is 0.971. The Hall–Kier alpha value is -0.433. The molecular formula is C35H72O5Si. The Bertz CT molecular complexity index is 514. The molecule has 0 radical (unpaired) electrons. The summed E-state index contributed by atoms with van der Waals surface area (Å²) in [7, 11) is -2.43. The Kier molecular flexibility index (Phi) is 32.1. The minimum absolute atomic E-state index is 0.340. The number of unbranched alkanes of at least 4 members (excludes halogenated alkanes) is 25. The van der Waals surface area contributed by atoms with Gasteiger partial charge in [-0.05, 0) is 33.6 Å². The first-order valence-corrected chi connectivity index (χ1v) is 20.2. The van der Waals surface area contributed by atoms with Crippen LogP contribution in [-0.2, 0) is 18.1 Å². The van der Waals surface area contributed by atoms with Crippen LogP contribution in [0.2, 0.25) is 6.04 Å². The van der Waals surface area contributed by atoms with Crippen molar-refractivity contribution in [2.75, 3.05) is 19.8 Å². The lowest BCUT2D eigenvalue weighted by Gasteiger charge is -2.28. The number of carboxylic acid groups (broad SMARTS) is 1. The Morgan fingerprint density at radius 3 is 0.854 bits per heavy atom. The molecule has 0 aromatic carbocycles. The van der Waals surface area contributed by atoms with E-state index in [-0.39, 0.29) is 0 Å². The zero-order chi connectivity index (χ0) is 30.1. The van der Waals surface area contributed by atoms with Gasteiger partial charge in [0.15, 0.2) is 0 Å². The Labute approximate surface area is 257 Å². The molecule has 0 atom stereocenters. The molecule has 0 unspecified atom stereocenters. The van der Waals surface area contributed by atoms with Crippen LogP contribution in [-0.4, -0.2) is 39.7 Å². The highest BCUT2D eigenvalue weighted by molar-refractivity contribution is 6.60. The van der Waals surface area contributed by atoms with E-state index >= 15 is 0 Å². The standard InChI is InChI=1S/C35H72O5Si/c1-4-38-41(39-5-2,40-6-3)34-32-30-28-26-24-22-20-18-16-14-12-10-8-7-9-11-13-15-17-19-21-23-25-27-29-31-33-35(36)37/h4-34H2,1-3H3,(H,36,37). The van der Waals surface area contributed by atoms with Crippen molar-refractivity contribution in [1.29, 1.82) is 0 Å². The zero-order valence-corrected chi connectivity index (χ0v) is 29.0. The molecule has 0 aliphatic rings. The van der Waals surface area contributed by atoms with Crippen molar-refractivity contribution in [3.63, 3.8) is 0 Å². The first-order valence-electron chi connectivity index (χ1n) is 18.2. The van der Waals surface area contributed by atoms with Crippen LogP contribution in [0.4, 0.5) is 0 Å². The normalized spacial score (nSPS) is 11.9. The van der Waals surface area contributed by atoms with Crippen LogP contribution < -0.4 is 0 Å². The summed E-state index contributed by atoms with van der Waals surface area (Å²) in [6, 6.07) is 0.963. The smallest absolute Gasteiger partial charge is 0.481 e. The highest BCUT2D eigenvalue weighted by atomic mass is 28.4. The molecule has 0 amide bonds. The lowest BCUT2D eigenvalue weighted by molar-refractivity contribution is -0.137. The van der Waals surface area contributed by atoms with E-state index in [1.54, 1.807) is 0 Å². The van der Waals surface area contributed by atoms with E-state index in [0.717, 1.165) is 25.3 Å². The second-order valence-corrected chi connectivity index (χ2v) is 14.8. The van der Waals surface area contributed by atoms with E-state index in [9.17, 15) is 4.79 Å². The number of hydrogen-bond donors (Lipinski definition) is 1. The van der Waals surface area contributed by atoms with Gasteiger partial charge in [-0.2, -0.15) is 0 Å². The molecule has 6 heteroatoms. The maximum Gasteiger partial charge on any atom is 0.500 e. The molecule has 0 aromatic heterocycles. The van der Waals surface area contributed by atoms with Crippen molar-refractivity contribution >= 4 is 14.8 Å². The maximum atomic E-state index is 10.5. The van der Waals surface area contributed by atoms with Crippen LogP contribution in [0, 0.1) is 0 Å². The second-order valence-electron chi connectivity index (χ2n) is 12.1. The van der Waals surface area contributed by atoms with Gasteiger partial charge in [-0.1, -0.05) is 154 Å². The maximum absolute atomic E-state index is 10.5. The van der Waals surface area contributed by atoms with E-state index in [4.69, 9.17) is 18.4 Å². The number of aliphatic carboxylic acids is 1. The summed E-state index contributed by atoms with van der Waals surface area (Å²) in [6.45, 7) is 8.14. The molecule has 0 aliphatic heterocycles. The molecule has 0 aromatic rings. The van der Waals surface area contributed by atoms with Crippen LogP contribution in [0.5, 0.6) is 0 Å². The second kappa shape index (κ2) is 32.5. The van der Waals surface area contributed by atoms with Crippen LogP contribution in [0.3, 0.4) is 0 Å². The predicted octanol–water partition coefficient (Wildman–Crippen LogP) is 11.7. The largest absolute Gasteiger partial charge is 0.500 e. The third kappa shape index (κ3) is 29.4. The Balaban J connectivity index is 3.26. The van der Waals surface area contributed by atoms with Crippen molar-refractivity contribution in [2.45, 2.75) is 200 Å². The van der Waals surface area contributed by atoms with E-state index in [1.165, 1.54) is 148 Å². The van der Waals surface area contributed by atoms with Gasteiger partial charge in [0.25, 0.3) is 0 Å². The van der Waals surface area contributed by atoms with Crippen molar-refractivity contribution in [3.8, 4) is 0 Å². The Morgan fingerprint density at radius 2 is 0.634 bits per heavy atom. The monoisotopic (exact) mass is 601 g/mol. The van der Waals surface area contributed by atoms with Gasteiger partial charge in [-0.15, -0.1) is 0 Å². The third-order valence-corrected chi connectivity index (χ3v) is 11.4. The molecule has 246 valence electrons. The molecule has 0 rings (SSSR count). The van der Waals surface area contributed by atoms with Crippen molar-refractivity contribution < 1.29 is 23.2 Å². The fourth-order valence-electron chi connectivity index (χ4n) is 5.86. The molecule has 1 N–H and O–H groups in total. The molecule has 0 bridgehead atoms. The fourth-order valence-corrected chi connectivity index (χ4v) is 8.55. The minimum Gasteiger partial charge on any atom is -0.481 e. The number of carboxylic acids is 1. The summed E-state index contributed by atoms with van der Waals surface area (Å²) in [5.41, 5.74) is 0. The predicted molar refractivity (Wildman–Crippen MR) is 178 cm³/mol. The third-order valence-electron chi connectivity index (χ3n) is 8.22. The zero-order valence-electron chi connectivity index (χ0n) is 28.0. The van der Waals surface area contributed by atoms with Crippen LogP contribution in [0.1, 0.15) is 194 Å². The first-order chi connectivity index (χ1) is 20.1. The summed E-state index contributed by atoms with van der Waals surface area (Å²) in [5, 5.41) is 8.64. The van der Waals surface area contributed by atoms with Gasteiger partial charge >= 0.3 is 14.8 Å². The van der Waals surface area contributed by atoms with Gasteiger partial charge in [0.2, 0.25) is 0 Å². The summed E-state index contributed by atoms with van der Waals surface area (Å²) in [5.74, 6) is -0.653. The lowest BCUT2D eigenvalue weighted by atomic mass is 10.0. The Morgan fingerprint density at radius 1 is 0.415 bits per heavy atom. The molecule has 0 fully saturated rings. The molecule has 0 spiro atoms. The first kappa shape index (κ1) is 40.6. The minimum atomic E-state index is -2.43. The van der Waals surface area contributed by atoms with E-state index < -0.39 is 14.8 Å². The van der Waals surface area contributed by atoms with Gasteiger partial charge in [0.05, 0.1) is 0 Å². The molecule has 0 heterocycles. The average molecular weight is 601 g/mol. The topological polar surface area (TPSA) is 65.0 Å². The summed E-state index contributed by atoms with van der Waals surface area (Å²) in [6.07, 6.45) is 35.3. The van der Waals surface area contributed by atoms with E-state index in [2.05, 4.69) is 0 Å². The molecule has 0 saturated carbocycles. The van der Waals surface area contributed by atoms with Gasteiger partial charge < -0.3 is 18.4 Å². The lowest BCUT2D eigenvalue weighted by Crippen LogP contribution is -2.45. The van der Waals surface area contributed by atoms with Crippen molar-refractivity contribution in [2.24, 2.45) is 0 Å². The molecule has 0 aliphatic carbocycles. The summed E-state index contributed by atoms with van der Waals surface area (Å²) in [4.78, 5) is 10.5. The molecular weight excluding hydrogens is 528 g/mol. The van der Waals surface area contributed by atoms with Crippen molar-refractivity contribution in [3.05, 3.63) is 0 Å². The van der Waals surface area contributed by atoms with E-state index in [0.29, 0.717) is 26.2 Å². The molecule has 0 saturated heterocycles.